The molecule has 0 radical (unpaired) electrons. The van der Waals surface area contributed by atoms with Crippen LogP contribution in [0.3, 0.4) is 0 Å². The average molecular weight is 405 g/mol. The summed E-state index contributed by atoms with van der Waals surface area (Å²) in [5.41, 5.74) is 14.3. The van der Waals surface area contributed by atoms with Crippen molar-refractivity contribution in [3.63, 3.8) is 0 Å². The number of aliphatic imine (C=N–C) groups is 1. The minimum absolute atomic E-state index is 0.0171. The van der Waals surface area contributed by atoms with Crippen LogP contribution in [0.1, 0.15) is 18.9 Å². The van der Waals surface area contributed by atoms with E-state index in [9.17, 15) is 8.60 Å². The predicted octanol–water partition coefficient (Wildman–Crippen LogP) is 2.96. The van der Waals surface area contributed by atoms with Gasteiger partial charge in [-0.25, -0.2) is 13.6 Å². The smallest absolute Gasteiger partial charge is 0.178 e. The molecule has 1 atom stereocenters. The number of pyridine rings is 1. The summed E-state index contributed by atoms with van der Waals surface area (Å²) in [6, 6.07) is 4.67. The molecular formula is C19H24FN5O2S. The van der Waals surface area contributed by atoms with Crippen LogP contribution in [0.25, 0.3) is 16.7 Å². The summed E-state index contributed by atoms with van der Waals surface area (Å²) in [4.78, 5) is 8.14. The number of hydrogen-bond acceptors (Lipinski definition) is 6. The molecule has 0 saturated heterocycles. The number of aromatic nitrogens is 1. The maximum Gasteiger partial charge on any atom is 0.178 e. The van der Waals surface area contributed by atoms with Crippen LogP contribution in [0, 0.1) is 5.82 Å². The van der Waals surface area contributed by atoms with Crippen LogP contribution in [-0.2, 0) is 11.0 Å². The number of allylic oxidation sites excluding steroid dienone is 1. The molecule has 0 aliphatic heterocycles. The van der Waals surface area contributed by atoms with Gasteiger partial charge in [-0.3, -0.25) is 4.99 Å². The third-order valence-electron chi connectivity index (χ3n) is 3.87. The normalized spacial score (nSPS) is 12.9. The highest BCUT2D eigenvalue weighted by Crippen LogP contribution is 2.36. The molecule has 0 amide bonds. The molecule has 5 N–H and O–H groups in total. The number of hydrogen-bond donors (Lipinski definition) is 3. The summed E-state index contributed by atoms with van der Waals surface area (Å²) in [5, 5.41) is 0. The van der Waals surface area contributed by atoms with Crippen molar-refractivity contribution in [2.75, 3.05) is 30.4 Å². The summed E-state index contributed by atoms with van der Waals surface area (Å²) >= 11 is 0. The molecule has 28 heavy (non-hydrogen) atoms. The largest absolute Gasteiger partial charge is 0.492 e. The molecule has 0 aliphatic rings. The van der Waals surface area contributed by atoms with Crippen LogP contribution in [0.5, 0.6) is 5.75 Å². The number of benzene rings is 1. The van der Waals surface area contributed by atoms with E-state index in [0.29, 0.717) is 28.0 Å². The van der Waals surface area contributed by atoms with Crippen LogP contribution < -0.4 is 20.9 Å². The van der Waals surface area contributed by atoms with Crippen LogP contribution >= 0.6 is 0 Å². The Morgan fingerprint density at radius 3 is 2.79 bits per heavy atom. The lowest BCUT2D eigenvalue weighted by molar-refractivity contribution is 0.389. The average Bonchev–Trinajstić information content (AvgIpc) is 2.66. The summed E-state index contributed by atoms with van der Waals surface area (Å²) in [5.74, 6) is 0.0238. The van der Waals surface area contributed by atoms with E-state index in [1.54, 1.807) is 31.6 Å². The Morgan fingerprint density at radius 1 is 1.43 bits per heavy atom. The molecule has 2 rings (SSSR count). The molecule has 1 heterocycles. The molecule has 0 bridgehead atoms. The Kier molecular flexibility index (Phi) is 7.51. The lowest BCUT2D eigenvalue weighted by Gasteiger charge is -2.15. The lowest BCUT2D eigenvalue weighted by atomic mass is 10.0. The van der Waals surface area contributed by atoms with Gasteiger partial charge in [0.25, 0.3) is 0 Å². The summed E-state index contributed by atoms with van der Waals surface area (Å²) in [7, 11) is 1.62. The third-order valence-corrected chi connectivity index (χ3v) is 5.10. The quantitative estimate of drug-likeness (QED) is 0.584. The fraction of sp³-hybridized carbons (Fsp3) is 0.263. The van der Waals surface area contributed by atoms with E-state index in [-0.39, 0.29) is 17.3 Å². The van der Waals surface area contributed by atoms with Crippen molar-refractivity contribution >= 4 is 34.3 Å². The Labute approximate surface area is 166 Å². The van der Waals surface area contributed by atoms with Crippen molar-refractivity contribution in [1.29, 1.82) is 0 Å². The summed E-state index contributed by atoms with van der Waals surface area (Å²) in [6.45, 7) is 1.91. The maximum absolute atomic E-state index is 14.6. The zero-order valence-electron chi connectivity index (χ0n) is 16.0. The first-order chi connectivity index (χ1) is 13.4. The second-order valence-electron chi connectivity index (χ2n) is 5.86. The van der Waals surface area contributed by atoms with Gasteiger partial charge >= 0.3 is 0 Å². The molecule has 1 unspecified atom stereocenters. The van der Waals surface area contributed by atoms with Gasteiger partial charge in [-0.1, -0.05) is 6.92 Å². The molecule has 0 fully saturated rings. The molecule has 9 heteroatoms. The maximum atomic E-state index is 14.6. The van der Waals surface area contributed by atoms with Crippen molar-refractivity contribution in [1.82, 2.24) is 4.98 Å². The van der Waals surface area contributed by atoms with E-state index >= 15 is 0 Å². The lowest BCUT2D eigenvalue weighted by Crippen LogP contribution is -2.10. The van der Waals surface area contributed by atoms with Crippen LogP contribution in [0.2, 0.25) is 0 Å². The molecular weight excluding hydrogens is 381 g/mol. The van der Waals surface area contributed by atoms with Gasteiger partial charge in [-0.2, -0.15) is 0 Å². The van der Waals surface area contributed by atoms with Crippen molar-refractivity contribution in [3.8, 4) is 16.9 Å². The first kappa shape index (κ1) is 21.4. The molecule has 0 aliphatic carbocycles. The first-order valence-corrected chi connectivity index (χ1v) is 9.89. The van der Waals surface area contributed by atoms with E-state index < -0.39 is 16.8 Å². The number of halogens is 1. The zero-order valence-corrected chi connectivity index (χ0v) is 16.8. The van der Waals surface area contributed by atoms with Gasteiger partial charge in [-0.15, -0.1) is 0 Å². The van der Waals surface area contributed by atoms with Crippen LogP contribution in [0.4, 0.5) is 15.9 Å². The Bertz CT molecular complexity index is 931. The minimum Gasteiger partial charge on any atom is -0.492 e. The molecule has 2 aromatic rings. The monoisotopic (exact) mass is 405 g/mol. The molecule has 7 nitrogen and oxygen atoms in total. The van der Waals surface area contributed by atoms with Gasteiger partial charge < -0.3 is 20.9 Å². The zero-order chi connectivity index (χ0) is 20.7. The van der Waals surface area contributed by atoms with E-state index in [1.807, 2.05) is 6.92 Å². The second-order valence-corrected chi connectivity index (χ2v) is 7.16. The molecule has 1 aromatic carbocycles. The molecule has 150 valence electrons. The van der Waals surface area contributed by atoms with Gasteiger partial charge in [0.2, 0.25) is 0 Å². The highest BCUT2D eigenvalue weighted by Gasteiger charge is 2.16. The molecule has 1 aromatic heterocycles. The Morgan fingerprint density at radius 2 is 2.18 bits per heavy atom. The second kappa shape index (κ2) is 9.84. The number of ether oxygens (including phenoxy) is 1. The number of anilines is 2. The van der Waals surface area contributed by atoms with Crippen LogP contribution in [-0.4, -0.2) is 35.3 Å². The van der Waals surface area contributed by atoms with Gasteiger partial charge in [-0.05, 0) is 30.2 Å². The Hall–Kier alpha value is -2.94. The summed E-state index contributed by atoms with van der Waals surface area (Å²) < 4.78 is 34.7. The molecule has 0 saturated carbocycles. The van der Waals surface area contributed by atoms with Gasteiger partial charge in [0.15, 0.2) is 11.6 Å². The first-order valence-electron chi connectivity index (χ1n) is 8.58. The van der Waals surface area contributed by atoms with Crippen molar-refractivity contribution in [2.45, 2.75) is 13.3 Å². The number of nitrogens with zero attached hydrogens (tertiary/aromatic N) is 2. The van der Waals surface area contributed by atoms with E-state index in [2.05, 4.69) is 14.7 Å². The topological polar surface area (TPSA) is 116 Å². The van der Waals surface area contributed by atoms with E-state index in [4.69, 9.17) is 16.2 Å². The van der Waals surface area contributed by atoms with Crippen molar-refractivity contribution in [2.24, 2.45) is 10.7 Å². The number of rotatable bonds is 8. The number of nitrogen functional groups attached to an aromatic ring is 1. The number of nitrogens with one attached hydrogen (secondary N) is 1. The number of methoxy groups -OCH3 is 1. The third kappa shape index (κ3) is 4.86. The highest BCUT2D eigenvalue weighted by atomic mass is 32.2. The van der Waals surface area contributed by atoms with Crippen LogP contribution in [0.15, 0.2) is 35.6 Å². The highest BCUT2D eigenvalue weighted by molar-refractivity contribution is 7.86. The minimum atomic E-state index is -1.36. The van der Waals surface area contributed by atoms with E-state index in [0.717, 1.165) is 6.42 Å². The predicted molar refractivity (Wildman–Crippen MR) is 114 cm³/mol. The van der Waals surface area contributed by atoms with E-state index in [1.165, 1.54) is 19.4 Å². The number of nitrogens with two attached hydrogens (primary N) is 2. The van der Waals surface area contributed by atoms with Gasteiger partial charge in [0.1, 0.15) is 16.8 Å². The Balaban J connectivity index is 2.58. The van der Waals surface area contributed by atoms with Gasteiger partial charge in [0.05, 0.1) is 12.8 Å². The van der Waals surface area contributed by atoms with Crippen molar-refractivity contribution < 1.29 is 13.3 Å². The standard InChI is InChI=1S/C19H24FN5O2S/c1-4-5-28(26)25-17-8-12(7-16(20)18(17)27-3)15-6-13(11-24-19(15)22)14(9-21)10-23-2/h6-11,25H,4-5,21H2,1-3H3,(H2,22,24)/b14-9+,23-10?. The summed E-state index contributed by atoms with van der Waals surface area (Å²) in [6.07, 6.45) is 5.27. The fourth-order valence-electron chi connectivity index (χ4n) is 2.61. The molecule has 0 spiro atoms. The van der Waals surface area contributed by atoms with Crippen molar-refractivity contribution in [3.05, 3.63) is 42.0 Å². The SMILES string of the molecule is CCCS(=O)Nc1cc(-c2cc(/C(C=NC)=C/N)cnc2N)cc(F)c1OC. The van der Waals surface area contributed by atoms with Gasteiger partial charge in [0, 0.05) is 48.1 Å². The fourth-order valence-corrected chi connectivity index (χ4v) is 3.48.